The van der Waals surface area contributed by atoms with Gasteiger partial charge in [0.15, 0.2) is 0 Å². The fraction of sp³-hybridized carbons (Fsp3) is 0.368. The Hall–Kier alpha value is -2.16. The molecule has 1 heterocycles. The number of rotatable bonds is 4. The highest BCUT2D eigenvalue weighted by Crippen LogP contribution is 2.24. The van der Waals surface area contributed by atoms with Crippen LogP contribution in [-0.2, 0) is 24.1 Å². The van der Waals surface area contributed by atoms with Crippen LogP contribution in [0.5, 0.6) is 0 Å². The number of likely N-dealkylation sites (N-methyl/N-ethyl adjacent to an activating group) is 1. The zero-order valence-corrected chi connectivity index (χ0v) is 13.0. The van der Waals surface area contributed by atoms with Crippen LogP contribution in [0.1, 0.15) is 29.5 Å². The van der Waals surface area contributed by atoms with Gasteiger partial charge in [-0.15, -0.1) is 0 Å². The zero-order valence-electron chi connectivity index (χ0n) is 13.0. The second-order valence-electron chi connectivity index (χ2n) is 6.03. The van der Waals surface area contributed by atoms with E-state index in [0.717, 1.165) is 31.2 Å². The molecule has 0 bridgehead atoms. The van der Waals surface area contributed by atoms with E-state index < -0.39 is 0 Å². The Kier molecular flexibility index (Phi) is 4.52. The van der Waals surface area contributed by atoms with Crippen LogP contribution in [0.15, 0.2) is 48.8 Å². The number of hydrogen-bond donors (Lipinski definition) is 0. The van der Waals surface area contributed by atoms with Crippen molar-refractivity contribution in [3.8, 4) is 0 Å². The number of aryl methyl sites for hydroxylation is 2. The van der Waals surface area contributed by atoms with Crippen LogP contribution in [0.3, 0.4) is 0 Å². The van der Waals surface area contributed by atoms with Crippen molar-refractivity contribution in [3.63, 3.8) is 0 Å². The molecule has 22 heavy (non-hydrogen) atoms. The van der Waals surface area contributed by atoms with Crippen LogP contribution in [0.2, 0.25) is 0 Å². The molecule has 0 N–H and O–H groups in total. The van der Waals surface area contributed by atoms with Crippen molar-refractivity contribution < 1.29 is 4.79 Å². The molecule has 3 rings (SSSR count). The summed E-state index contributed by atoms with van der Waals surface area (Å²) >= 11 is 0. The van der Waals surface area contributed by atoms with E-state index in [1.165, 1.54) is 11.1 Å². The van der Waals surface area contributed by atoms with E-state index in [0.29, 0.717) is 12.5 Å². The Morgan fingerprint density at radius 2 is 2.05 bits per heavy atom. The number of pyridine rings is 1. The lowest BCUT2D eigenvalue weighted by molar-refractivity contribution is -0.132. The maximum absolute atomic E-state index is 12.4. The molecule has 1 aromatic carbocycles. The predicted molar refractivity (Wildman–Crippen MR) is 87.6 cm³/mol. The summed E-state index contributed by atoms with van der Waals surface area (Å²) in [4.78, 5) is 18.5. The Bertz CT molecular complexity index is 639. The molecule has 0 fully saturated rings. The first-order valence-corrected chi connectivity index (χ1v) is 7.95. The van der Waals surface area contributed by atoms with Crippen LogP contribution in [0.25, 0.3) is 0 Å². The third-order valence-electron chi connectivity index (χ3n) is 4.61. The normalized spacial score (nSPS) is 16.9. The van der Waals surface area contributed by atoms with Gasteiger partial charge >= 0.3 is 0 Å². The summed E-state index contributed by atoms with van der Waals surface area (Å²) in [6, 6.07) is 12.9. The molecule has 3 heteroatoms. The summed E-state index contributed by atoms with van der Waals surface area (Å²) in [6.07, 6.45) is 8.03. The molecular formula is C19H22N2O. The summed E-state index contributed by atoms with van der Waals surface area (Å²) < 4.78 is 0. The molecule has 1 aliphatic rings. The monoisotopic (exact) mass is 294 g/mol. The highest BCUT2D eigenvalue weighted by Gasteiger charge is 2.24. The summed E-state index contributed by atoms with van der Waals surface area (Å²) in [5.74, 6) is 0.230. The molecule has 0 radical (unpaired) electrons. The Morgan fingerprint density at radius 3 is 2.82 bits per heavy atom. The molecule has 0 aliphatic heterocycles. The van der Waals surface area contributed by atoms with Gasteiger partial charge in [0.25, 0.3) is 0 Å². The van der Waals surface area contributed by atoms with E-state index in [1.807, 2.05) is 30.3 Å². The minimum Gasteiger partial charge on any atom is -0.342 e. The lowest BCUT2D eigenvalue weighted by atomic mass is 9.87. The number of fused-ring (bicyclic) bond motifs is 1. The van der Waals surface area contributed by atoms with Crippen molar-refractivity contribution >= 4 is 5.91 Å². The fourth-order valence-electron chi connectivity index (χ4n) is 3.19. The first kappa shape index (κ1) is 14.8. The molecule has 0 spiro atoms. The van der Waals surface area contributed by atoms with E-state index in [9.17, 15) is 4.79 Å². The zero-order chi connectivity index (χ0) is 15.4. The van der Waals surface area contributed by atoms with Crippen LogP contribution in [0, 0.1) is 0 Å². The van der Waals surface area contributed by atoms with Gasteiger partial charge in [-0.2, -0.15) is 0 Å². The van der Waals surface area contributed by atoms with Crippen LogP contribution < -0.4 is 0 Å². The number of carbonyl (C=O) groups excluding carboxylic acids is 1. The summed E-state index contributed by atoms with van der Waals surface area (Å²) in [5, 5.41) is 0. The minimum atomic E-state index is 0.230. The number of benzene rings is 1. The van der Waals surface area contributed by atoms with Gasteiger partial charge in [-0.3, -0.25) is 9.78 Å². The third kappa shape index (κ3) is 3.35. The molecule has 0 saturated heterocycles. The van der Waals surface area contributed by atoms with Crippen LogP contribution in [-0.4, -0.2) is 28.9 Å². The molecule has 2 aromatic rings. The van der Waals surface area contributed by atoms with Crippen LogP contribution in [0.4, 0.5) is 0 Å². The molecule has 1 amide bonds. The van der Waals surface area contributed by atoms with Crippen molar-refractivity contribution in [1.82, 2.24) is 9.88 Å². The van der Waals surface area contributed by atoms with E-state index in [-0.39, 0.29) is 5.91 Å². The van der Waals surface area contributed by atoms with Crippen molar-refractivity contribution in [3.05, 3.63) is 65.5 Å². The van der Waals surface area contributed by atoms with Gasteiger partial charge < -0.3 is 4.90 Å². The highest BCUT2D eigenvalue weighted by molar-refractivity contribution is 5.76. The molecule has 0 saturated carbocycles. The quantitative estimate of drug-likeness (QED) is 0.868. The molecule has 114 valence electrons. The summed E-state index contributed by atoms with van der Waals surface area (Å²) in [5.41, 5.74) is 3.96. The second kappa shape index (κ2) is 6.73. The molecule has 1 atom stereocenters. The first-order chi connectivity index (χ1) is 10.7. The maximum Gasteiger partial charge on any atom is 0.222 e. The molecule has 1 aromatic heterocycles. The SMILES string of the molecule is CN(C(=O)CCc1cccnc1)C1CCc2ccccc2C1. The topological polar surface area (TPSA) is 33.2 Å². The third-order valence-corrected chi connectivity index (χ3v) is 4.61. The van der Waals surface area contributed by atoms with Gasteiger partial charge in [-0.1, -0.05) is 30.3 Å². The van der Waals surface area contributed by atoms with Gasteiger partial charge in [0, 0.05) is 31.9 Å². The van der Waals surface area contributed by atoms with Gasteiger partial charge in [0.1, 0.15) is 0 Å². The number of nitrogens with zero attached hydrogens (tertiary/aromatic N) is 2. The average molecular weight is 294 g/mol. The van der Waals surface area contributed by atoms with Gasteiger partial charge in [0.05, 0.1) is 0 Å². The summed E-state index contributed by atoms with van der Waals surface area (Å²) in [7, 11) is 1.95. The van der Waals surface area contributed by atoms with Crippen molar-refractivity contribution in [2.45, 2.75) is 38.1 Å². The van der Waals surface area contributed by atoms with E-state index in [4.69, 9.17) is 0 Å². The van der Waals surface area contributed by atoms with Crippen molar-refractivity contribution in [2.75, 3.05) is 7.05 Å². The smallest absolute Gasteiger partial charge is 0.222 e. The predicted octanol–water partition coefficient (Wildman–Crippen LogP) is 3.03. The van der Waals surface area contributed by atoms with Gasteiger partial charge in [0.2, 0.25) is 5.91 Å². The Balaban J connectivity index is 1.57. The molecule has 3 nitrogen and oxygen atoms in total. The highest BCUT2D eigenvalue weighted by atomic mass is 16.2. The van der Waals surface area contributed by atoms with E-state index >= 15 is 0 Å². The number of hydrogen-bond acceptors (Lipinski definition) is 2. The second-order valence-corrected chi connectivity index (χ2v) is 6.03. The lowest BCUT2D eigenvalue weighted by Crippen LogP contribution is -2.40. The molecule has 1 unspecified atom stereocenters. The summed E-state index contributed by atoms with van der Waals surface area (Å²) in [6.45, 7) is 0. The van der Waals surface area contributed by atoms with Crippen LogP contribution >= 0.6 is 0 Å². The van der Waals surface area contributed by atoms with Gasteiger partial charge in [-0.25, -0.2) is 0 Å². The Morgan fingerprint density at radius 1 is 1.23 bits per heavy atom. The fourth-order valence-corrected chi connectivity index (χ4v) is 3.19. The molecular weight excluding hydrogens is 272 g/mol. The first-order valence-electron chi connectivity index (χ1n) is 7.95. The average Bonchev–Trinajstić information content (AvgIpc) is 2.59. The van der Waals surface area contributed by atoms with E-state index in [1.54, 1.807) is 6.20 Å². The largest absolute Gasteiger partial charge is 0.342 e. The van der Waals surface area contributed by atoms with E-state index in [2.05, 4.69) is 29.2 Å². The van der Waals surface area contributed by atoms with Crippen molar-refractivity contribution in [1.29, 1.82) is 0 Å². The lowest BCUT2D eigenvalue weighted by Gasteiger charge is -2.32. The van der Waals surface area contributed by atoms with Crippen molar-refractivity contribution in [2.24, 2.45) is 0 Å². The van der Waals surface area contributed by atoms with Gasteiger partial charge in [-0.05, 0) is 48.4 Å². The number of aromatic nitrogens is 1. The minimum absolute atomic E-state index is 0.230. The molecule has 1 aliphatic carbocycles. The number of amides is 1. The number of carbonyl (C=O) groups is 1. The Labute approximate surface area is 132 Å². The maximum atomic E-state index is 12.4. The standard InChI is InChI=1S/C19H22N2O/c1-21(19(22)11-8-15-5-4-12-20-14-15)18-10-9-16-6-2-3-7-17(16)13-18/h2-7,12,14,18H,8-11,13H2,1H3.